The molecule has 1 saturated heterocycles. The summed E-state index contributed by atoms with van der Waals surface area (Å²) in [7, 11) is 0. The summed E-state index contributed by atoms with van der Waals surface area (Å²) in [5.74, 6) is -0.0155. The Kier molecular flexibility index (Phi) is 5.42. The number of unbranched alkanes of at least 4 members (excludes halogenated alkanes) is 1. The number of H-pyrrole nitrogens is 1. The first-order chi connectivity index (χ1) is 11.3. The van der Waals surface area contributed by atoms with Crippen LogP contribution in [0.4, 0.5) is 0 Å². The number of nitrogens with one attached hydrogen (secondary N) is 2. The molecule has 2 N–H and O–H groups in total. The van der Waals surface area contributed by atoms with Crippen LogP contribution in [-0.2, 0) is 4.74 Å². The maximum absolute atomic E-state index is 12.1. The van der Waals surface area contributed by atoms with E-state index in [1.54, 1.807) is 6.20 Å². The predicted octanol–water partition coefficient (Wildman–Crippen LogP) is 3.16. The number of nitrogens with zero attached hydrogens (tertiary/aromatic N) is 1. The van der Waals surface area contributed by atoms with Crippen LogP contribution in [0.15, 0.2) is 36.5 Å². The molecule has 0 bridgehead atoms. The van der Waals surface area contributed by atoms with Crippen LogP contribution in [0.2, 0.25) is 0 Å². The molecule has 1 aromatic carbocycles. The zero-order chi connectivity index (χ0) is 15.9. The minimum atomic E-state index is -0.0155. The van der Waals surface area contributed by atoms with Gasteiger partial charge in [-0.05, 0) is 55.9 Å². The van der Waals surface area contributed by atoms with Crippen LogP contribution < -0.4 is 5.32 Å². The van der Waals surface area contributed by atoms with Gasteiger partial charge in [0.2, 0.25) is 0 Å². The number of aromatic amines is 1. The van der Waals surface area contributed by atoms with Crippen molar-refractivity contribution < 1.29 is 9.53 Å². The smallest absolute Gasteiger partial charge is 0.251 e. The molecule has 1 amide bonds. The minimum absolute atomic E-state index is 0.0155. The molecule has 2 heterocycles. The highest BCUT2D eigenvalue weighted by Gasteiger charge is 2.14. The van der Waals surface area contributed by atoms with E-state index < -0.39 is 0 Å². The number of benzene rings is 1. The van der Waals surface area contributed by atoms with E-state index in [9.17, 15) is 4.79 Å². The number of aromatic nitrogens is 2. The average Bonchev–Trinajstić information content (AvgIpc) is 3.28. The molecule has 5 heteroatoms. The molecule has 1 fully saturated rings. The first kappa shape index (κ1) is 15.7. The van der Waals surface area contributed by atoms with Gasteiger partial charge in [0, 0.05) is 24.9 Å². The minimum Gasteiger partial charge on any atom is -0.378 e. The third kappa shape index (κ3) is 4.42. The van der Waals surface area contributed by atoms with Gasteiger partial charge in [-0.2, -0.15) is 5.10 Å². The lowest BCUT2D eigenvalue weighted by Gasteiger charge is -2.09. The maximum atomic E-state index is 12.1. The molecule has 0 unspecified atom stereocenters. The number of carbonyl (C=O) groups is 1. The molecule has 1 aliphatic heterocycles. The summed E-state index contributed by atoms with van der Waals surface area (Å²) < 4.78 is 5.60. The molecule has 3 rings (SSSR count). The quantitative estimate of drug-likeness (QED) is 0.772. The molecular weight excluding hydrogens is 290 g/mol. The molecule has 2 aromatic rings. The van der Waals surface area contributed by atoms with Gasteiger partial charge in [0.05, 0.1) is 11.8 Å². The normalized spacial score (nSPS) is 17.3. The monoisotopic (exact) mass is 313 g/mol. The Morgan fingerprint density at radius 1 is 1.26 bits per heavy atom. The molecule has 1 aromatic heterocycles. The Morgan fingerprint density at radius 3 is 2.83 bits per heavy atom. The van der Waals surface area contributed by atoms with E-state index in [-0.39, 0.29) is 5.91 Å². The van der Waals surface area contributed by atoms with Gasteiger partial charge < -0.3 is 10.1 Å². The van der Waals surface area contributed by atoms with Crippen LogP contribution in [0.5, 0.6) is 0 Å². The van der Waals surface area contributed by atoms with Crippen LogP contribution in [0.3, 0.4) is 0 Å². The van der Waals surface area contributed by atoms with Crippen LogP contribution in [0, 0.1) is 0 Å². The molecule has 0 saturated carbocycles. The standard InChI is InChI=1S/C18H23N3O2/c22-18(19-11-2-1-4-16-5-3-13-23-16)15-8-6-14(7-9-15)17-10-12-20-21-17/h6-10,12,16H,1-5,11,13H2,(H,19,22)(H,20,21)/t16-/m1/s1. The molecule has 5 nitrogen and oxygen atoms in total. The molecule has 0 radical (unpaired) electrons. The van der Waals surface area contributed by atoms with Gasteiger partial charge in [-0.15, -0.1) is 0 Å². The third-order valence-electron chi connectivity index (χ3n) is 4.22. The summed E-state index contributed by atoms with van der Waals surface area (Å²) in [5.41, 5.74) is 2.66. The lowest BCUT2D eigenvalue weighted by atomic mass is 10.1. The van der Waals surface area contributed by atoms with E-state index in [2.05, 4.69) is 15.5 Å². The van der Waals surface area contributed by atoms with E-state index >= 15 is 0 Å². The van der Waals surface area contributed by atoms with Gasteiger partial charge in [-0.3, -0.25) is 9.89 Å². The second-order valence-corrected chi connectivity index (χ2v) is 5.93. The summed E-state index contributed by atoms with van der Waals surface area (Å²) in [6.45, 7) is 1.63. The van der Waals surface area contributed by atoms with Crippen LogP contribution >= 0.6 is 0 Å². The van der Waals surface area contributed by atoms with Gasteiger partial charge >= 0.3 is 0 Å². The number of rotatable bonds is 7. The van der Waals surface area contributed by atoms with Crippen molar-refractivity contribution in [2.45, 2.75) is 38.2 Å². The van der Waals surface area contributed by atoms with Crippen molar-refractivity contribution in [3.63, 3.8) is 0 Å². The average molecular weight is 313 g/mol. The fourth-order valence-corrected chi connectivity index (χ4v) is 2.89. The van der Waals surface area contributed by atoms with Gasteiger partial charge in [0.15, 0.2) is 0 Å². The van der Waals surface area contributed by atoms with Crippen LogP contribution in [-0.4, -0.2) is 35.4 Å². The zero-order valence-corrected chi connectivity index (χ0v) is 13.3. The SMILES string of the molecule is O=C(NCCCC[C@@H]1CCCO1)c1ccc(-c2ccn[nH]2)cc1. The second kappa shape index (κ2) is 7.92. The van der Waals surface area contributed by atoms with Crippen molar-refractivity contribution in [3.8, 4) is 11.3 Å². The zero-order valence-electron chi connectivity index (χ0n) is 13.3. The Hall–Kier alpha value is -2.14. The molecule has 1 atom stereocenters. The number of amides is 1. The molecular formula is C18H23N3O2. The summed E-state index contributed by atoms with van der Waals surface area (Å²) in [6, 6.07) is 9.46. The van der Waals surface area contributed by atoms with Crippen molar-refractivity contribution in [2.24, 2.45) is 0 Å². The number of carbonyl (C=O) groups excluding carboxylic acids is 1. The maximum Gasteiger partial charge on any atom is 0.251 e. The lowest BCUT2D eigenvalue weighted by Crippen LogP contribution is -2.24. The van der Waals surface area contributed by atoms with Crippen LogP contribution in [0.1, 0.15) is 42.5 Å². The first-order valence-corrected chi connectivity index (χ1v) is 8.32. The number of hydrogen-bond donors (Lipinski definition) is 2. The highest BCUT2D eigenvalue weighted by molar-refractivity contribution is 5.94. The molecule has 1 aliphatic rings. The first-order valence-electron chi connectivity index (χ1n) is 8.32. The van der Waals surface area contributed by atoms with Crippen molar-refractivity contribution >= 4 is 5.91 Å². The summed E-state index contributed by atoms with van der Waals surface area (Å²) >= 11 is 0. The summed E-state index contributed by atoms with van der Waals surface area (Å²) in [4.78, 5) is 12.1. The summed E-state index contributed by atoms with van der Waals surface area (Å²) in [5, 5.41) is 9.82. The number of hydrogen-bond acceptors (Lipinski definition) is 3. The fourth-order valence-electron chi connectivity index (χ4n) is 2.89. The Bertz CT molecular complexity index is 602. The third-order valence-corrected chi connectivity index (χ3v) is 4.22. The molecule has 0 spiro atoms. The largest absolute Gasteiger partial charge is 0.378 e. The predicted molar refractivity (Wildman–Crippen MR) is 89.2 cm³/mol. The molecule has 0 aliphatic carbocycles. The Morgan fingerprint density at radius 2 is 2.13 bits per heavy atom. The highest BCUT2D eigenvalue weighted by Crippen LogP contribution is 2.18. The topological polar surface area (TPSA) is 67.0 Å². The molecule has 23 heavy (non-hydrogen) atoms. The van der Waals surface area contributed by atoms with Crippen molar-refractivity contribution in [2.75, 3.05) is 13.2 Å². The lowest BCUT2D eigenvalue weighted by molar-refractivity contribution is 0.0947. The number of ether oxygens (including phenoxy) is 1. The highest BCUT2D eigenvalue weighted by atomic mass is 16.5. The summed E-state index contributed by atoms with van der Waals surface area (Å²) in [6.07, 6.45) is 7.74. The van der Waals surface area contributed by atoms with E-state index in [4.69, 9.17) is 4.74 Å². The Labute approximate surface area is 136 Å². The molecule has 122 valence electrons. The van der Waals surface area contributed by atoms with Crippen LogP contribution in [0.25, 0.3) is 11.3 Å². The van der Waals surface area contributed by atoms with Gasteiger partial charge in [-0.25, -0.2) is 0 Å². The van der Waals surface area contributed by atoms with Crippen molar-refractivity contribution in [1.82, 2.24) is 15.5 Å². The van der Waals surface area contributed by atoms with E-state index in [1.165, 1.54) is 12.8 Å². The van der Waals surface area contributed by atoms with Gasteiger partial charge in [-0.1, -0.05) is 12.1 Å². The van der Waals surface area contributed by atoms with Crippen molar-refractivity contribution in [3.05, 3.63) is 42.1 Å². The van der Waals surface area contributed by atoms with E-state index in [1.807, 2.05) is 30.3 Å². The Balaban J connectivity index is 1.39. The van der Waals surface area contributed by atoms with Gasteiger partial charge in [0.1, 0.15) is 0 Å². The van der Waals surface area contributed by atoms with Crippen molar-refractivity contribution in [1.29, 1.82) is 0 Å². The van der Waals surface area contributed by atoms with E-state index in [0.29, 0.717) is 18.2 Å². The second-order valence-electron chi connectivity index (χ2n) is 5.93. The fraction of sp³-hybridized carbons (Fsp3) is 0.444. The van der Waals surface area contributed by atoms with Gasteiger partial charge in [0.25, 0.3) is 5.91 Å². The van der Waals surface area contributed by atoms with E-state index in [0.717, 1.165) is 37.1 Å².